The third-order valence-corrected chi connectivity index (χ3v) is 4.64. The molecule has 5 amide bonds. The molecule has 2 atom stereocenters. The van der Waals surface area contributed by atoms with Gasteiger partial charge in [0.1, 0.15) is 11.6 Å². The molecule has 0 radical (unpaired) electrons. The van der Waals surface area contributed by atoms with E-state index >= 15 is 0 Å². The van der Waals surface area contributed by atoms with Crippen molar-refractivity contribution in [3.8, 4) is 0 Å². The standard InChI is InChI=1S/C18H33N5O4/c1-10(2)12(22-15(26)18(7-8-18)23-16(19)27)9-20-14(25)13(17(4,5)6)21-11(3)24/h10,12-13H,7-9H2,1-6H3,(H,20,25)(H,21,24)(H,22,26)(H3,19,23,27)/t12?,13-/m1/s1. The lowest BCUT2D eigenvalue weighted by Crippen LogP contribution is -2.58. The number of hydrogen-bond donors (Lipinski definition) is 5. The fraction of sp³-hybridized carbons (Fsp3) is 0.778. The highest BCUT2D eigenvalue weighted by Crippen LogP contribution is 2.35. The number of carbonyl (C=O) groups excluding carboxylic acids is 4. The second-order valence-electron chi connectivity index (χ2n) is 8.64. The van der Waals surface area contributed by atoms with E-state index in [1.165, 1.54) is 6.92 Å². The minimum absolute atomic E-state index is 0.0486. The minimum Gasteiger partial charge on any atom is -0.352 e. The first-order chi connectivity index (χ1) is 12.3. The van der Waals surface area contributed by atoms with E-state index in [1.54, 1.807) is 0 Å². The third-order valence-electron chi connectivity index (χ3n) is 4.64. The first kappa shape index (κ1) is 22.7. The normalized spacial score (nSPS) is 17.4. The lowest BCUT2D eigenvalue weighted by Gasteiger charge is -2.31. The lowest BCUT2D eigenvalue weighted by atomic mass is 9.86. The van der Waals surface area contributed by atoms with Crippen LogP contribution < -0.4 is 27.0 Å². The molecule has 0 bridgehead atoms. The Bertz CT molecular complexity index is 593. The highest BCUT2D eigenvalue weighted by atomic mass is 16.2. The van der Waals surface area contributed by atoms with Gasteiger partial charge >= 0.3 is 6.03 Å². The Kier molecular flexibility index (Phi) is 7.22. The smallest absolute Gasteiger partial charge is 0.313 e. The monoisotopic (exact) mass is 383 g/mol. The van der Waals surface area contributed by atoms with Gasteiger partial charge in [0, 0.05) is 19.5 Å². The van der Waals surface area contributed by atoms with Gasteiger partial charge in [-0.05, 0) is 24.2 Å². The van der Waals surface area contributed by atoms with Gasteiger partial charge in [0.05, 0.1) is 0 Å². The number of nitrogens with two attached hydrogens (primary N) is 1. The van der Waals surface area contributed by atoms with Gasteiger partial charge in [-0.3, -0.25) is 14.4 Å². The highest BCUT2D eigenvalue weighted by molar-refractivity contribution is 5.93. The van der Waals surface area contributed by atoms with E-state index in [-0.39, 0.29) is 36.2 Å². The van der Waals surface area contributed by atoms with Gasteiger partial charge in [0.25, 0.3) is 0 Å². The molecule has 9 nitrogen and oxygen atoms in total. The molecule has 154 valence electrons. The molecule has 27 heavy (non-hydrogen) atoms. The zero-order valence-corrected chi connectivity index (χ0v) is 17.1. The van der Waals surface area contributed by atoms with Crippen molar-refractivity contribution >= 4 is 23.8 Å². The molecule has 0 aromatic carbocycles. The summed E-state index contributed by atoms with van der Waals surface area (Å²) in [5, 5.41) is 10.9. The van der Waals surface area contributed by atoms with Gasteiger partial charge in [-0.1, -0.05) is 34.6 Å². The SMILES string of the molecule is CC(=O)N[C@H](C(=O)NCC(NC(=O)C1(NC(N)=O)CC1)C(C)C)C(C)(C)C. The van der Waals surface area contributed by atoms with Gasteiger partial charge in [-0.15, -0.1) is 0 Å². The Labute approximate surface area is 160 Å². The van der Waals surface area contributed by atoms with Crippen LogP contribution in [0.2, 0.25) is 0 Å². The molecule has 1 rings (SSSR count). The molecule has 1 aliphatic carbocycles. The first-order valence-corrected chi connectivity index (χ1v) is 9.22. The van der Waals surface area contributed by atoms with Gasteiger partial charge in [0.2, 0.25) is 17.7 Å². The van der Waals surface area contributed by atoms with Crippen molar-refractivity contribution in [3.63, 3.8) is 0 Å². The zero-order valence-electron chi connectivity index (χ0n) is 17.1. The van der Waals surface area contributed by atoms with E-state index < -0.39 is 23.0 Å². The van der Waals surface area contributed by atoms with E-state index in [9.17, 15) is 19.2 Å². The summed E-state index contributed by atoms with van der Waals surface area (Å²) in [6.45, 7) is 11.0. The van der Waals surface area contributed by atoms with Crippen molar-refractivity contribution < 1.29 is 19.2 Å². The Morgan fingerprint density at radius 1 is 1.07 bits per heavy atom. The number of carbonyl (C=O) groups is 4. The molecular formula is C18H33N5O4. The first-order valence-electron chi connectivity index (χ1n) is 9.22. The number of nitrogens with one attached hydrogen (secondary N) is 4. The van der Waals surface area contributed by atoms with Gasteiger partial charge in [0.15, 0.2) is 0 Å². The van der Waals surface area contributed by atoms with Crippen LogP contribution in [0.15, 0.2) is 0 Å². The maximum absolute atomic E-state index is 12.6. The van der Waals surface area contributed by atoms with Gasteiger partial charge < -0.3 is 27.0 Å². The summed E-state index contributed by atoms with van der Waals surface area (Å²) in [4.78, 5) is 47.6. The lowest BCUT2D eigenvalue weighted by molar-refractivity contribution is -0.131. The molecule has 0 aromatic heterocycles. The Morgan fingerprint density at radius 3 is 2.00 bits per heavy atom. The van der Waals surface area contributed by atoms with Crippen LogP contribution in [0, 0.1) is 11.3 Å². The van der Waals surface area contributed by atoms with E-state index in [4.69, 9.17) is 5.73 Å². The van der Waals surface area contributed by atoms with Crippen molar-refractivity contribution in [1.82, 2.24) is 21.3 Å². The summed E-state index contributed by atoms with van der Waals surface area (Å²) in [6, 6.07) is -1.75. The summed E-state index contributed by atoms with van der Waals surface area (Å²) >= 11 is 0. The van der Waals surface area contributed by atoms with Crippen LogP contribution in [0.5, 0.6) is 0 Å². The van der Waals surface area contributed by atoms with Crippen molar-refractivity contribution in [3.05, 3.63) is 0 Å². The summed E-state index contributed by atoms with van der Waals surface area (Å²) in [6.07, 6.45) is 1.07. The van der Waals surface area contributed by atoms with Crippen molar-refractivity contribution in [1.29, 1.82) is 0 Å². The van der Waals surface area contributed by atoms with Crippen LogP contribution in [0.4, 0.5) is 4.79 Å². The molecule has 1 unspecified atom stereocenters. The Balaban J connectivity index is 2.72. The van der Waals surface area contributed by atoms with Crippen LogP contribution in [-0.2, 0) is 14.4 Å². The van der Waals surface area contributed by atoms with E-state index in [0.717, 1.165) is 0 Å². The number of primary amides is 1. The summed E-state index contributed by atoms with van der Waals surface area (Å²) < 4.78 is 0. The summed E-state index contributed by atoms with van der Waals surface area (Å²) in [5.74, 6) is -0.850. The Hall–Kier alpha value is -2.32. The number of rotatable bonds is 8. The maximum Gasteiger partial charge on any atom is 0.313 e. The summed E-state index contributed by atoms with van der Waals surface area (Å²) in [7, 11) is 0. The van der Waals surface area contributed by atoms with Crippen LogP contribution in [0.3, 0.4) is 0 Å². The molecule has 0 heterocycles. The molecule has 1 saturated carbocycles. The zero-order chi connectivity index (χ0) is 21.0. The topological polar surface area (TPSA) is 142 Å². The predicted octanol–water partition coefficient (Wildman–Crippen LogP) is -0.00490. The van der Waals surface area contributed by atoms with Crippen molar-refractivity contribution in [2.75, 3.05) is 6.54 Å². The average molecular weight is 383 g/mol. The fourth-order valence-corrected chi connectivity index (χ4v) is 2.72. The van der Waals surface area contributed by atoms with Gasteiger partial charge in [-0.2, -0.15) is 0 Å². The highest BCUT2D eigenvalue weighted by Gasteiger charge is 2.51. The molecule has 1 fully saturated rings. The van der Waals surface area contributed by atoms with E-state index in [1.807, 2.05) is 34.6 Å². The maximum atomic E-state index is 12.6. The predicted molar refractivity (Wildman–Crippen MR) is 102 cm³/mol. The quantitative estimate of drug-likeness (QED) is 0.402. The molecule has 0 spiro atoms. The summed E-state index contributed by atoms with van der Waals surface area (Å²) in [5.41, 5.74) is 3.74. The minimum atomic E-state index is -0.937. The van der Waals surface area contributed by atoms with E-state index in [2.05, 4.69) is 21.3 Å². The largest absolute Gasteiger partial charge is 0.352 e. The Morgan fingerprint density at radius 2 is 1.63 bits per heavy atom. The fourth-order valence-electron chi connectivity index (χ4n) is 2.72. The molecule has 0 aliphatic heterocycles. The molecule has 6 N–H and O–H groups in total. The average Bonchev–Trinajstić information content (AvgIpc) is 3.26. The van der Waals surface area contributed by atoms with Crippen LogP contribution in [0.25, 0.3) is 0 Å². The van der Waals surface area contributed by atoms with Crippen LogP contribution in [0.1, 0.15) is 54.4 Å². The molecule has 0 aromatic rings. The molecule has 0 saturated heterocycles. The molecular weight excluding hydrogens is 350 g/mol. The van der Waals surface area contributed by atoms with Crippen molar-refractivity contribution in [2.24, 2.45) is 17.1 Å². The van der Waals surface area contributed by atoms with Gasteiger partial charge in [-0.25, -0.2) is 4.79 Å². The van der Waals surface area contributed by atoms with Crippen LogP contribution in [-0.4, -0.2) is 47.9 Å². The molecule has 9 heteroatoms. The number of urea groups is 1. The van der Waals surface area contributed by atoms with Crippen molar-refractivity contribution in [2.45, 2.75) is 72.0 Å². The third kappa shape index (κ3) is 6.73. The second kappa shape index (κ2) is 8.58. The molecule has 1 aliphatic rings. The second-order valence-corrected chi connectivity index (χ2v) is 8.64. The number of amides is 5. The number of hydrogen-bond acceptors (Lipinski definition) is 4. The van der Waals surface area contributed by atoms with E-state index in [0.29, 0.717) is 12.8 Å². The van der Waals surface area contributed by atoms with Crippen LogP contribution >= 0.6 is 0 Å².